The Morgan fingerprint density at radius 1 is 1.24 bits per heavy atom. The average molecular weight is 307 g/mol. The zero-order chi connectivity index (χ0) is 14.8. The Morgan fingerprint density at radius 2 is 2.10 bits per heavy atom. The molecular weight excluding hydrogens is 286 g/mol. The number of amides is 2. The SMILES string of the molecule is CC1c2ccsc2CCN1C(=O)C(=O)N1CCCNCC1. The van der Waals surface area contributed by atoms with Gasteiger partial charge < -0.3 is 15.1 Å². The van der Waals surface area contributed by atoms with Crippen molar-refractivity contribution in [1.82, 2.24) is 15.1 Å². The fourth-order valence-electron chi connectivity index (χ4n) is 3.09. The van der Waals surface area contributed by atoms with Crippen molar-refractivity contribution in [3.8, 4) is 0 Å². The number of carbonyl (C=O) groups is 2. The third-order valence-corrected chi connectivity index (χ3v) is 5.34. The van der Waals surface area contributed by atoms with E-state index in [4.69, 9.17) is 0 Å². The van der Waals surface area contributed by atoms with Gasteiger partial charge in [0, 0.05) is 31.1 Å². The number of hydrogen-bond acceptors (Lipinski definition) is 4. The van der Waals surface area contributed by atoms with Gasteiger partial charge >= 0.3 is 11.8 Å². The lowest BCUT2D eigenvalue weighted by atomic mass is 10.0. The summed E-state index contributed by atoms with van der Waals surface area (Å²) in [5, 5.41) is 5.32. The molecule has 3 rings (SSSR count). The first kappa shape index (κ1) is 14.5. The summed E-state index contributed by atoms with van der Waals surface area (Å²) in [5.41, 5.74) is 1.20. The average Bonchev–Trinajstić information content (AvgIpc) is 2.81. The van der Waals surface area contributed by atoms with Gasteiger partial charge in [0.1, 0.15) is 0 Å². The maximum Gasteiger partial charge on any atom is 0.312 e. The summed E-state index contributed by atoms with van der Waals surface area (Å²) in [5.74, 6) is -0.689. The minimum Gasteiger partial charge on any atom is -0.333 e. The van der Waals surface area contributed by atoms with Crippen LogP contribution in [0.3, 0.4) is 0 Å². The molecule has 3 heterocycles. The Hall–Kier alpha value is -1.40. The lowest BCUT2D eigenvalue weighted by Gasteiger charge is -2.34. The summed E-state index contributed by atoms with van der Waals surface area (Å²) >= 11 is 1.74. The topological polar surface area (TPSA) is 52.7 Å². The van der Waals surface area contributed by atoms with E-state index >= 15 is 0 Å². The first-order chi connectivity index (χ1) is 10.2. The molecule has 21 heavy (non-hydrogen) atoms. The van der Waals surface area contributed by atoms with Crippen LogP contribution in [-0.4, -0.2) is 54.3 Å². The molecule has 0 aromatic carbocycles. The normalized spacial score (nSPS) is 22.6. The number of carbonyl (C=O) groups excluding carboxylic acids is 2. The molecule has 2 aliphatic heterocycles. The molecule has 1 unspecified atom stereocenters. The van der Waals surface area contributed by atoms with Crippen LogP contribution in [-0.2, 0) is 16.0 Å². The maximum atomic E-state index is 12.6. The van der Waals surface area contributed by atoms with E-state index in [1.165, 1.54) is 10.4 Å². The van der Waals surface area contributed by atoms with Gasteiger partial charge in [-0.3, -0.25) is 9.59 Å². The summed E-state index contributed by atoms with van der Waals surface area (Å²) in [6.45, 7) is 5.63. The molecule has 1 aromatic heterocycles. The van der Waals surface area contributed by atoms with Crippen LogP contribution in [0.5, 0.6) is 0 Å². The summed E-state index contributed by atoms with van der Waals surface area (Å²) in [6.07, 6.45) is 1.77. The second kappa shape index (κ2) is 6.15. The number of hydrogen-bond donors (Lipinski definition) is 1. The molecule has 1 saturated heterocycles. The first-order valence-corrected chi connectivity index (χ1v) is 8.43. The quantitative estimate of drug-likeness (QED) is 0.728. The zero-order valence-corrected chi connectivity index (χ0v) is 13.1. The predicted octanol–water partition coefficient (Wildman–Crippen LogP) is 1.02. The highest BCUT2D eigenvalue weighted by molar-refractivity contribution is 7.10. The fourth-order valence-corrected chi connectivity index (χ4v) is 4.06. The van der Waals surface area contributed by atoms with Crippen molar-refractivity contribution in [3.63, 3.8) is 0 Å². The van der Waals surface area contributed by atoms with Crippen LogP contribution in [0, 0.1) is 0 Å². The number of thiophene rings is 1. The molecule has 1 atom stereocenters. The van der Waals surface area contributed by atoms with E-state index < -0.39 is 0 Å². The van der Waals surface area contributed by atoms with Gasteiger partial charge in [0.05, 0.1) is 6.04 Å². The molecule has 0 spiro atoms. The Labute approximate surface area is 128 Å². The molecule has 0 aliphatic carbocycles. The van der Waals surface area contributed by atoms with E-state index in [9.17, 15) is 9.59 Å². The highest BCUT2D eigenvalue weighted by atomic mass is 32.1. The molecule has 0 bridgehead atoms. The third-order valence-electron chi connectivity index (χ3n) is 4.35. The van der Waals surface area contributed by atoms with Gasteiger partial charge in [0.25, 0.3) is 0 Å². The maximum absolute atomic E-state index is 12.6. The molecule has 1 fully saturated rings. The van der Waals surface area contributed by atoms with Gasteiger partial charge in [-0.25, -0.2) is 0 Å². The highest BCUT2D eigenvalue weighted by Gasteiger charge is 2.34. The second-order valence-electron chi connectivity index (χ2n) is 5.62. The molecule has 2 aliphatic rings. The Balaban J connectivity index is 1.71. The minimum atomic E-state index is -0.346. The Kier molecular flexibility index (Phi) is 4.26. The monoisotopic (exact) mass is 307 g/mol. The van der Waals surface area contributed by atoms with Crippen molar-refractivity contribution in [2.24, 2.45) is 0 Å². The molecule has 0 radical (unpaired) electrons. The van der Waals surface area contributed by atoms with Crippen LogP contribution in [0.15, 0.2) is 11.4 Å². The van der Waals surface area contributed by atoms with Crippen LogP contribution in [0.25, 0.3) is 0 Å². The van der Waals surface area contributed by atoms with Crippen molar-refractivity contribution in [2.45, 2.75) is 25.8 Å². The van der Waals surface area contributed by atoms with Crippen molar-refractivity contribution in [2.75, 3.05) is 32.7 Å². The van der Waals surface area contributed by atoms with E-state index in [1.54, 1.807) is 21.1 Å². The van der Waals surface area contributed by atoms with E-state index in [0.717, 1.165) is 25.9 Å². The van der Waals surface area contributed by atoms with Crippen LogP contribution < -0.4 is 5.32 Å². The van der Waals surface area contributed by atoms with Crippen molar-refractivity contribution in [1.29, 1.82) is 0 Å². The second-order valence-corrected chi connectivity index (χ2v) is 6.62. The van der Waals surface area contributed by atoms with Gasteiger partial charge in [-0.2, -0.15) is 0 Å². The Morgan fingerprint density at radius 3 is 2.95 bits per heavy atom. The molecule has 1 aromatic rings. The van der Waals surface area contributed by atoms with E-state index in [2.05, 4.69) is 16.8 Å². The van der Waals surface area contributed by atoms with Crippen LogP contribution in [0.2, 0.25) is 0 Å². The van der Waals surface area contributed by atoms with Crippen LogP contribution >= 0.6 is 11.3 Å². The smallest absolute Gasteiger partial charge is 0.312 e. The van der Waals surface area contributed by atoms with Gasteiger partial charge in [0.2, 0.25) is 0 Å². The molecule has 5 nitrogen and oxygen atoms in total. The van der Waals surface area contributed by atoms with Crippen molar-refractivity contribution >= 4 is 23.2 Å². The highest BCUT2D eigenvalue weighted by Crippen LogP contribution is 2.32. The minimum absolute atomic E-state index is 0.00144. The fraction of sp³-hybridized carbons (Fsp3) is 0.600. The molecule has 2 amide bonds. The van der Waals surface area contributed by atoms with Gasteiger partial charge in [-0.15, -0.1) is 11.3 Å². The van der Waals surface area contributed by atoms with Crippen molar-refractivity contribution in [3.05, 3.63) is 21.9 Å². The van der Waals surface area contributed by atoms with E-state index in [0.29, 0.717) is 19.6 Å². The molecule has 6 heteroatoms. The van der Waals surface area contributed by atoms with E-state index in [-0.39, 0.29) is 17.9 Å². The molecule has 114 valence electrons. The first-order valence-electron chi connectivity index (χ1n) is 7.55. The summed E-state index contributed by atoms with van der Waals surface area (Å²) in [6, 6.07) is 2.08. The molecule has 0 saturated carbocycles. The number of nitrogens with one attached hydrogen (secondary N) is 1. The third kappa shape index (κ3) is 2.82. The number of fused-ring (bicyclic) bond motifs is 1. The number of rotatable bonds is 0. The van der Waals surface area contributed by atoms with Crippen molar-refractivity contribution < 1.29 is 9.59 Å². The standard InChI is InChI=1S/C15H21N3O2S/c1-11-12-4-10-21-13(12)3-8-18(11)15(20)14(19)17-7-2-5-16-6-9-17/h4,10-11,16H,2-3,5-9H2,1H3. The molecular formula is C15H21N3O2S. The van der Waals surface area contributed by atoms with Gasteiger partial charge in [-0.1, -0.05) is 0 Å². The summed E-state index contributed by atoms with van der Waals surface area (Å²) in [4.78, 5) is 29.8. The Bertz CT molecular complexity index is 535. The predicted molar refractivity (Wildman–Crippen MR) is 82.2 cm³/mol. The molecule has 1 N–H and O–H groups in total. The summed E-state index contributed by atoms with van der Waals surface area (Å²) in [7, 11) is 0. The lowest BCUT2D eigenvalue weighted by Crippen LogP contribution is -2.48. The van der Waals surface area contributed by atoms with Gasteiger partial charge in [0.15, 0.2) is 0 Å². The zero-order valence-electron chi connectivity index (χ0n) is 12.3. The van der Waals surface area contributed by atoms with E-state index in [1.807, 2.05) is 6.92 Å². The van der Waals surface area contributed by atoms with Gasteiger partial charge in [-0.05, 0) is 43.3 Å². The number of nitrogens with zero attached hydrogens (tertiary/aromatic N) is 2. The largest absolute Gasteiger partial charge is 0.333 e. The van der Waals surface area contributed by atoms with Crippen LogP contribution in [0.4, 0.5) is 0 Å². The summed E-state index contributed by atoms with van der Waals surface area (Å²) < 4.78 is 0. The van der Waals surface area contributed by atoms with Crippen LogP contribution in [0.1, 0.15) is 29.8 Å². The lowest BCUT2D eigenvalue weighted by molar-refractivity contribution is -0.153.